The standard InChI is InChI=1S/C13H14N4O5/c1-7-9(11(18)16(2)3)15-6-13(7,17(21)22)8-4-5-14-10(8)12(19)20/h4-6,14H,1-3H3,(H,19,20). The van der Waals surface area contributed by atoms with Crippen LogP contribution in [0, 0.1) is 10.1 Å². The van der Waals surface area contributed by atoms with Crippen LogP contribution >= 0.6 is 0 Å². The number of carboxylic acids is 1. The van der Waals surface area contributed by atoms with Gasteiger partial charge in [0.15, 0.2) is 0 Å². The average Bonchev–Trinajstić information content (AvgIpc) is 3.02. The lowest BCUT2D eigenvalue weighted by Gasteiger charge is -2.19. The number of H-pyrrole nitrogens is 1. The molecule has 0 radical (unpaired) electrons. The van der Waals surface area contributed by atoms with Gasteiger partial charge in [0, 0.05) is 30.8 Å². The van der Waals surface area contributed by atoms with E-state index in [0.717, 1.165) is 6.21 Å². The fraction of sp³-hybridized carbons (Fsp3) is 0.308. The van der Waals surface area contributed by atoms with Crippen molar-refractivity contribution < 1.29 is 19.6 Å². The highest BCUT2D eigenvalue weighted by molar-refractivity contribution is 6.01. The van der Waals surface area contributed by atoms with E-state index in [1.807, 2.05) is 0 Å². The molecule has 22 heavy (non-hydrogen) atoms. The third-order valence-electron chi connectivity index (χ3n) is 3.58. The molecule has 116 valence electrons. The van der Waals surface area contributed by atoms with Gasteiger partial charge < -0.3 is 15.0 Å². The number of nitrogens with one attached hydrogen (secondary N) is 1. The second-order valence-corrected chi connectivity index (χ2v) is 5.03. The van der Waals surface area contributed by atoms with E-state index in [1.165, 1.54) is 38.2 Å². The Labute approximate surface area is 125 Å². The van der Waals surface area contributed by atoms with Gasteiger partial charge in [0.25, 0.3) is 5.91 Å². The Kier molecular flexibility index (Phi) is 3.57. The van der Waals surface area contributed by atoms with E-state index in [0.29, 0.717) is 0 Å². The minimum atomic E-state index is -1.96. The Morgan fingerprint density at radius 3 is 2.59 bits per heavy atom. The Hall–Kier alpha value is -2.97. The average molecular weight is 306 g/mol. The molecule has 1 unspecified atom stereocenters. The number of likely N-dealkylation sites (N-methyl/N-ethyl adjacent to an activating group) is 1. The lowest BCUT2D eigenvalue weighted by atomic mass is 9.85. The maximum Gasteiger partial charge on any atom is 0.352 e. The largest absolute Gasteiger partial charge is 0.477 e. The number of aromatic nitrogens is 1. The summed E-state index contributed by atoms with van der Waals surface area (Å²) in [4.78, 5) is 42.0. The molecule has 9 heteroatoms. The summed E-state index contributed by atoms with van der Waals surface area (Å²) in [7, 11) is 3.01. The van der Waals surface area contributed by atoms with Gasteiger partial charge in [-0.3, -0.25) is 14.9 Å². The molecule has 2 rings (SSSR count). The highest BCUT2D eigenvalue weighted by Gasteiger charge is 2.53. The summed E-state index contributed by atoms with van der Waals surface area (Å²) in [5, 5.41) is 20.9. The smallest absolute Gasteiger partial charge is 0.352 e. The van der Waals surface area contributed by atoms with Crippen LogP contribution in [0.2, 0.25) is 0 Å². The molecule has 0 fully saturated rings. The normalized spacial score (nSPS) is 20.3. The van der Waals surface area contributed by atoms with E-state index in [2.05, 4.69) is 9.98 Å². The molecule has 1 aliphatic heterocycles. The number of hydrogen-bond acceptors (Lipinski definition) is 5. The third kappa shape index (κ3) is 1.98. The van der Waals surface area contributed by atoms with Crippen molar-refractivity contribution in [2.75, 3.05) is 14.1 Å². The number of nitrogens with zero attached hydrogens (tertiary/aromatic N) is 3. The van der Waals surface area contributed by atoms with Crippen LogP contribution in [0.1, 0.15) is 23.0 Å². The predicted molar refractivity (Wildman–Crippen MR) is 76.3 cm³/mol. The summed E-state index contributed by atoms with van der Waals surface area (Å²) < 4.78 is 0. The molecule has 1 aromatic rings. The summed E-state index contributed by atoms with van der Waals surface area (Å²) in [6.07, 6.45) is 2.31. The number of rotatable bonds is 4. The van der Waals surface area contributed by atoms with Gasteiger partial charge in [-0.05, 0) is 13.0 Å². The quantitative estimate of drug-likeness (QED) is 0.622. The van der Waals surface area contributed by atoms with Gasteiger partial charge >= 0.3 is 11.5 Å². The number of hydrogen-bond donors (Lipinski definition) is 2. The lowest BCUT2D eigenvalue weighted by Crippen LogP contribution is -2.38. The molecular weight excluding hydrogens is 292 g/mol. The van der Waals surface area contributed by atoms with E-state index in [4.69, 9.17) is 0 Å². The summed E-state index contributed by atoms with van der Waals surface area (Å²) in [6.45, 7) is 1.41. The number of carboxylic acid groups (broad SMARTS) is 1. The van der Waals surface area contributed by atoms with E-state index < -0.39 is 22.3 Å². The molecule has 1 amide bonds. The Morgan fingerprint density at radius 2 is 2.09 bits per heavy atom. The van der Waals surface area contributed by atoms with Crippen LogP contribution in [-0.4, -0.2) is 52.1 Å². The Balaban J connectivity index is 2.70. The van der Waals surface area contributed by atoms with Gasteiger partial charge in [-0.2, -0.15) is 0 Å². The van der Waals surface area contributed by atoms with Gasteiger partial charge in [-0.1, -0.05) is 0 Å². The van der Waals surface area contributed by atoms with Crippen LogP contribution in [-0.2, 0) is 10.3 Å². The second kappa shape index (κ2) is 5.10. The Morgan fingerprint density at radius 1 is 1.45 bits per heavy atom. The van der Waals surface area contributed by atoms with Gasteiger partial charge in [0.05, 0.1) is 11.8 Å². The van der Waals surface area contributed by atoms with Crippen molar-refractivity contribution in [2.24, 2.45) is 4.99 Å². The number of aromatic carboxylic acids is 1. The zero-order valence-corrected chi connectivity index (χ0v) is 12.2. The van der Waals surface area contributed by atoms with Crippen molar-refractivity contribution >= 4 is 18.1 Å². The zero-order chi connectivity index (χ0) is 16.7. The van der Waals surface area contributed by atoms with Crippen molar-refractivity contribution in [1.82, 2.24) is 9.88 Å². The van der Waals surface area contributed by atoms with Crippen molar-refractivity contribution in [3.63, 3.8) is 0 Å². The minimum absolute atomic E-state index is 0.0563. The van der Waals surface area contributed by atoms with Crippen molar-refractivity contribution in [1.29, 1.82) is 0 Å². The monoisotopic (exact) mass is 306 g/mol. The molecule has 1 aromatic heterocycles. The molecule has 0 saturated heterocycles. The lowest BCUT2D eigenvalue weighted by molar-refractivity contribution is -0.542. The van der Waals surface area contributed by atoms with Crippen molar-refractivity contribution in [3.8, 4) is 0 Å². The maximum absolute atomic E-state index is 12.1. The SMILES string of the molecule is CC1=C(C(=O)N(C)C)N=CC1(c1cc[nH]c1C(=O)O)[N+](=O)[O-]. The first-order valence-electron chi connectivity index (χ1n) is 6.27. The van der Waals surface area contributed by atoms with E-state index in [9.17, 15) is 24.8 Å². The van der Waals surface area contributed by atoms with Crippen LogP contribution in [0.15, 0.2) is 28.5 Å². The van der Waals surface area contributed by atoms with Crippen LogP contribution in [0.25, 0.3) is 0 Å². The molecule has 0 saturated carbocycles. The zero-order valence-electron chi connectivity index (χ0n) is 12.2. The second-order valence-electron chi connectivity index (χ2n) is 5.03. The van der Waals surface area contributed by atoms with Crippen LogP contribution in [0.3, 0.4) is 0 Å². The number of aliphatic imine (C=N–C) groups is 1. The Bertz CT molecular complexity index is 731. The van der Waals surface area contributed by atoms with Gasteiger partial charge in [-0.25, -0.2) is 9.79 Å². The van der Waals surface area contributed by atoms with Gasteiger partial charge in [0.1, 0.15) is 11.4 Å². The summed E-state index contributed by atoms with van der Waals surface area (Å²) in [5.41, 5.74) is -2.30. The highest BCUT2D eigenvalue weighted by atomic mass is 16.6. The molecule has 0 spiro atoms. The van der Waals surface area contributed by atoms with E-state index >= 15 is 0 Å². The van der Waals surface area contributed by atoms with E-state index in [-0.39, 0.29) is 22.5 Å². The predicted octanol–water partition coefficient (Wildman–Crippen LogP) is 0.632. The summed E-state index contributed by atoms with van der Waals surface area (Å²) in [5.74, 6) is -1.81. The topological polar surface area (TPSA) is 129 Å². The molecular formula is C13H14N4O5. The fourth-order valence-corrected chi connectivity index (χ4v) is 2.38. The molecule has 1 aliphatic rings. The molecule has 1 atom stereocenters. The van der Waals surface area contributed by atoms with Crippen molar-refractivity contribution in [2.45, 2.75) is 12.5 Å². The minimum Gasteiger partial charge on any atom is -0.477 e. The number of aromatic amines is 1. The molecule has 2 N–H and O–H groups in total. The number of amides is 1. The fourth-order valence-electron chi connectivity index (χ4n) is 2.38. The molecule has 0 aromatic carbocycles. The van der Waals surface area contributed by atoms with Crippen LogP contribution < -0.4 is 0 Å². The highest BCUT2D eigenvalue weighted by Crippen LogP contribution is 2.39. The first-order valence-corrected chi connectivity index (χ1v) is 6.27. The third-order valence-corrected chi connectivity index (χ3v) is 3.58. The van der Waals surface area contributed by atoms with Gasteiger partial charge in [-0.15, -0.1) is 0 Å². The maximum atomic E-state index is 12.1. The molecule has 0 aliphatic carbocycles. The number of nitro groups is 1. The first-order chi connectivity index (χ1) is 10.2. The van der Waals surface area contributed by atoms with Crippen LogP contribution in [0.4, 0.5) is 0 Å². The summed E-state index contributed by atoms with van der Waals surface area (Å²) in [6, 6.07) is 1.31. The van der Waals surface area contributed by atoms with Crippen LogP contribution in [0.5, 0.6) is 0 Å². The number of carbonyl (C=O) groups excluding carboxylic acids is 1. The summed E-state index contributed by atoms with van der Waals surface area (Å²) >= 11 is 0. The molecule has 2 heterocycles. The van der Waals surface area contributed by atoms with Gasteiger partial charge in [0.2, 0.25) is 0 Å². The molecule has 9 nitrogen and oxygen atoms in total. The number of carbonyl (C=O) groups is 2. The van der Waals surface area contributed by atoms with Crippen molar-refractivity contribution in [3.05, 3.63) is 44.9 Å². The van der Waals surface area contributed by atoms with E-state index in [1.54, 1.807) is 0 Å². The molecule has 0 bridgehead atoms. The first kappa shape index (κ1) is 15.4.